The third kappa shape index (κ3) is 8.43. The first kappa shape index (κ1) is 24.0. The number of rotatable bonds is 13. The second-order valence-corrected chi connectivity index (χ2v) is 9.98. The van der Waals surface area contributed by atoms with Crippen LogP contribution in [0.2, 0.25) is 0 Å². The minimum absolute atomic E-state index is 0.937. The third-order valence-corrected chi connectivity index (χ3v) is 7.42. The minimum atomic E-state index is 0.937. The van der Waals surface area contributed by atoms with Crippen LogP contribution in [0.4, 0.5) is 0 Å². The van der Waals surface area contributed by atoms with Gasteiger partial charge in [0.15, 0.2) is 0 Å². The molecular formula is C30H45N. The lowest BCUT2D eigenvalue weighted by Crippen LogP contribution is -2.15. The lowest BCUT2D eigenvalue weighted by atomic mass is 9.78. The fraction of sp³-hybridized carbons (Fsp3) is 0.633. The summed E-state index contributed by atoms with van der Waals surface area (Å²) >= 11 is 0. The first-order chi connectivity index (χ1) is 15.3. The molecule has 1 aromatic heterocycles. The van der Waals surface area contributed by atoms with Crippen LogP contribution in [-0.4, -0.2) is 4.98 Å². The Morgan fingerprint density at radius 3 is 1.94 bits per heavy atom. The van der Waals surface area contributed by atoms with E-state index in [0.717, 1.165) is 17.5 Å². The molecule has 1 saturated carbocycles. The molecule has 0 saturated heterocycles. The Bertz CT molecular complexity index is 707. The maximum Gasteiger partial charge on any atom is 0.0702 e. The van der Waals surface area contributed by atoms with Crippen molar-refractivity contribution in [2.75, 3.05) is 0 Å². The molecule has 1 heterocycles. The van der Waals surface area contributed by atoms with Gasteiger partial charge in [-0.3, -0.25) is 4.98 Å². The van der Waals surface area contributed by atoms with Gasteiger partial charge in [0.1, 0.15) is 0 Å². The van der Waals surface area contributed by atoms with Gasteiger partial charge >= 0.3 is 0 Å². The van der Waals surface area contributed by atoms with Crippen molar-refractivity contribution in [1.29, 1.82) is 0 Å². The van der Waals surface area contributed by atoms with Gasteiger partial charge in [-0.15, -0.1) is 0 Å². The van der Waals surface area contributed by atoms with E-state index in [-0.39, 0.29) is 0 Å². The maximum atomic E-state index is 4.78. The molecule has 1 heteroatoms. The summed E-state index contributed by atoms with van der Waals surface area (Å²) in [7, 11) is 0. The predicted octanol–water partition coefficient (Wildman–Crippen LogP) is 9.19. The van der Waals surface area contributed by atoms with Crippen molar-refractivity contribution in [3.63, 3.8) is 0 Å². The van der Waals surface area contributed by atoms with Gasteiger partial charge in [0.2, 0.25) is 0 Å². The molecule has 0 aliphatic heterocycles. The van der Waals surface area contributed by atoms with Crippen LogP contribution >= 0.6 is 0 Å². The second-order valence-electron chi connectivity index (χ2n) is 9.98. The average molecular weight is 420 g/mol. The Hall–Kier alpha value is -1.63. The summed E-state index contributed by atoms with van der Waals surface area (Å²) in [5.74, 6) is 1.96. The fourth-order valence-corrected chi connectivity index (χ4v) is 5.20. The quantitative estimate of drug-likeness (QED) is 0.295. The topological polar surface area (TPSA) is 12.9 Å². The van der Waals surface area contributed by atoms with Gasteiger partial charge in [-0.05, 0) is 54.7 Å². The van der Waals surface area contributed by atoms with Crippen LogP contribution in [0.1, 0.15) is 108 Å². The summed E-state index contributed by atoms with van der Waals surface area (Å²) in [5, 5.41) is 0. The molecule has 0 unspecified atom stereocenters. The Balaban J connectivity index is 1.39. The van der Waals surface area contributed by atoms with Crippen LogP contribution in [0.3, 0.4) is 0 Å². The van der Waals surface area contributed by atoms with E-state index in [2.05, 4.69) is 56.4 Å². The molecule has 170 valence electrons. The zero-order chi connectivity index (χ0) is 21.7. The summed E-state index contributed by atoms with van der Waals surface area (Å²) in [4.78, 5) is 4.78. The molecule has 0 radical (unpaired) electrons. The smallest absolute Gasteiger partial charge is 0.0702 e. The van der Waals surface area contributed by atoms with Crippen molar-refractivity contribution in [2.45, 2.75) is 110 Å². The minimum Gasteiger partial charge on any atom is -0.256 e. The molecule has 0 spiro atoms. The molecule has 3 rings (SSSR count). The monoisotopic (exact) mass is 419 g/mol. The van der Waals surface area contributed by atoms with E-state index >= 15 is 0 Å². The molecule has 0 atom stereocenters. The van der Waals surface area contributed by atoms with Crippen molar-refractivity contribution in [3.8, 4) is 11.3 Å². The normalized spacial score (nSPS) is 18.9. The average Bonchev–Trinajstić information content (AvgIpc) is 2.82. The van der Waals surface area contributed by atoms with Crippen LogP contribution in [0.15, 0.2) is 42.6 Å². The van der Waals surface area contributed by atoms with Crippen molar-refractivity contribution >= 4 is 0 Å². The van der Waals surface area contributed by atoms with Gasteiger partial charge in [-0.1, -0.05) is 115 Å². The number of benzene rings is 1. The Kier molecular flexibility index (Phi) is 10.6. The Labute approximate surface area is 192 Å². The molecule has 0 bridgehead atoms. The highest BCUT2D eigenvalue weighted by Gasteiger charge is 2.20. The van der Waals surface area contributed by atoms with Gasteiger partial charge in [-0.2, -0.15) is 0 Å². The van der Waals surface area contributed by atoms with E-state index in [0.29, 0.717) is 0 Å². The lowest BCUT2D eigenvalue weighted by molar-refractivity contribution is 0.249. The summed E-state index contributed by atoms with van der Waals surface area (Å²) < 4.78 is 0. The standard InChI is InChI=1S/C30H45N/c1-3-5-7-9-11-26-18-21-29(22-19-26)30-23-20-28(24-31-30)17-16-27-14-12-25(13-15-27)10-8-6-4-2/h18-25,27H,3-17H2,1-2H3/t25-,27-. The first-order valence-electron chi connectivity index (χ1n) is 13.3. The molecule has 1 aliphatic rings. The van der Waals surface area contributed by atoms with E-state index in [4.69, 9.17) is 4.98 Å². The highest BCUT2D eigenvalue weighted by atomic mass is 14.7. The van der Waals surface area contributed by atoms with Crippen molar-refractivity contribution < 1.29 is 0 Å². The summed E-state index contributed by atoms with van der Waals surface area (Å²) in [6.45, 7) is 4.58. The molecule has 1 aromatic carbocycles. The number of hydrogen-bond acceptors (Lipinski definition) is 1. The molecule has 0 amide bonds. The Morgan fingerprint density at radius 2 is 1.29 bits per heavy atom. The second kappa shape index (κ2) is 13.7. The van der Waals surface area contributed by atoms with Gasteiger partial charge in [0.05, 0.1) is 5.69 Å². The Morgan fingerprint density at radius 1 is 0.645 bits per heavy atom. The zero-order valence-corrected chi connectivity index (χ0v) is 20.2. The highest BCUT2D eigenvalue weighted by Crippen LogP contribution is 2.34. The van der Waals surface area contributed by atoms with E-state index in [1.807, 2.05) is 0 Å². The molecule has 1 fully saturated rings. The zero-order valence-electron chi connectivity index (χ0n) is 20.2. The summed E-state index contributed by atoms with van der Waals surface area (Å²) in [6, 6.07) is 13.6. The maximum absolute atomic E-state index is 4.78. The molecular weight excluding hydrogens is 374 g/mol. The predicted molar refractivity (Wildman–Crippen MR) is 135 cm³/mol. The van der Waals surface area contributed by atoms with Crippen LogP contribution in [0.5, 0.6) is 0 Å². The first-order valence-corrected chi connectivity index (χ1v) is 13.3. The van der Waals surface area contributed by atoms with Crippen molar-refractivity contribution in [1.82, 2.24) is 4.98 Å². The third-order valence-electron chi connectivity index (χ3n) is 7.42. The van der Waals surface area contributed by atoms with Gasteiger partial charge in [0.25, 0.3) is 0 Å². The van der Waals surface area contributed by atoms with Crippen LogP contribution in [-0.2, 0) is 12.8 Å². The molecule has 1 aliphatic carbocycles. The van der Waals surface area contributed by atoms with Gasteiger partial charge in [-0.25, -0.2) is 0 Å². The number of aromatic nitrogens is 1. The number of aryl methyl sites for hydroxylation is 2. The van der Waals surface area contributed by atoms with Crippen molar-refractivity contribution in [3.05, 3.63) is 53.7 Å². The molecule has 0 N–H and O–H groups in total. The largest absolute Gasteiger partial charge is 0.256 e. The number of hydrogen-bond donors (Lipinski definition) is 0. The van der Waals surface area contributed by atoms with Gasteiger partial charge < -0.3 is 0 Å². The van der Waals surface area contributed by atoms with Crippen LogP contribution in [0, 0.1) is 11.8 Å². The van der Waals surface area contributed by atoms with E-state index in [1.165, 1.54) is 113 Å². The van der Waals surface area contributed by atoms with Crippen molar-refractivity contribution in [2.24, 2.45) is 11.8 Å². The number of nitrogens with zero attached hydrogens (tertiary/aromatic N) is 1. The molecule has 31 heavy (non-hydrogen) atoms. The van der Waals surface area contributed by atoms with E-state index < -0.39 is 0 Å². The number of pyridine rings is 1. The molecule has 1 nitrogen and oxygen atoms in total. The summed E-state index contributed by atoms with van der Waals surface area (Å²) in [6.07, 6.45) is 22.7. The number of unbranched alkanes of at least 4 members (excludes halogenated alkanes) is 5. The van der Waals surface area contributed by atoms with Crippen LogP contribution in [0.25, 0.3) is 11.3 Å². The summed E-state index contributed by atoms with van der Waals surface area (Å²) in [5.41, 5.74) is 5.21. The molecule has 2 aromatic rings. The fourth-order valence-electron chi connectivity index (χ4n) is 5.20. The van der Waals surface area contributed by atoms with E-state index in [1.54, 1.807) is 0 Å². The van der Waals surface area contributed by atoms with Gasteiger partial charge in [0, 0.05) is 11.8 Å². The SMILES string of the molecule is CCCCCCc1ccc(-c2ccc(CC[C@H]3CC[C@H](CCCCC)CC3)cn2)cc1. The highest BCUT2D eigenvalue weighted by molar-refractivity contribution is 5.59. The lowest BCUT2D eigenvalue weighted by Gasteiger charge is -2.28. The van der Waals surface area contributed by atoms with Crippen LogP contribution < -0.4 is 0 Å². The van der Waals surface area contributed by atoms with E-state index in [9.17, 15) is 0 Å².